The summed E-state index contributed by atoms with van der Waals surface area (Å²) in [4.78, 5) is 21.4. The number of unbranched alkanes of at least 4 members (excludes halogenated alkanes) is 5. The van der Waals surface area contributed by atoms with E-state index in [4.69, 9.17) is 4.74 Å². The molecule has 0 spiro atoms. The SMILES string of the molecule is CC(C)(C)OC(=O)NCCCCCCC/C=C/c1ccc(F)c([N+](=O)[O-])c1. The molecule has 0 heterocycles. The highest BCUT2D eigenvalue weighted by atomic mass is 19.1. The zero-order valence-corrected chi connectivity index (χ0v) is 16.3. The number of carbonyl (C=O) groups is 1. The number of rotatable bonds is 10. The van der Waals surface area contributed by atoms with Gasteiger partial charge in [0.2, 0.25) is 5.82 Å². The second kappa shape index (κ2) is 11.3. The van der Waals surface area contributed by atoms with Crippen LogP contribution in [0, 0.1) is 15.9 Å². The first-order valence-electron chi connectivity index (χ1n) is 9.26. The van der Waals surface area contributed by atoms with Gasteiger partial charge in [0.15, 0.2) is 0 Å². The Morgan fingerprint density at radius 2 is 1.89 bits per heavy atom. The number of nitrogens with one attached hydrogen (secondary N) is 1. The van der Waals surface area contributed by atoms with Gasteiger partial charge < -0.3 is 10.1 Å². The number of nitro benzene ring substituents is 1. The van der Waals surface area contributed by atoms with E-state index in [-0.39, 0.29) is 6.09 Å². The lowest BCUT2D eigenvalue weighted by molar-refractivity contribution is -0.387. The van der Waals surface area contributed by atoms with Crippen molar-refractivity contribution in [3.8, 4) is 0 Å². The number of halogens is 1. The van der Waals surface area contributed by atoms with E-state index in [1.807, 2.05) is 26.8 Å². The molecule has 0 saturated carbocycles. The van der Waals surface area contributed by atoms with Crippen molar-refractivity contribution in [3.63, 3.8) is 0 Å². The smallest absolute Gasteiger partial charge is 0.407 e. The maximum Gasteiger partial charge on any atom is 0.407 e. The molecule has 6 nitrogen and oxygen atoms in total. The van der Waals surface area contributed by atoms with Crippen LogP contribution >= 0.6 is 0 Å². The van der Waals surface area contributed by atoms with E-state index in [0.29, 0.717) is 12.1 Å². The van der Waals surface area contributed by atoms with E-state index < -0.39 is 22.0 Å². The quantitative estimate of drug-likeness (QED) is 0.325. The molecule has 0 radical (unpaired) electrons. The van der Waals surface area contributed by atoms with Crippen LogP contribution in [-0.4, -0.2) is 23.2 Å². The molecule has 1 aromatic carbocycles. The maximum atomic E-state index is 13.3. The summed E-state index contributed by atoms with van der Waals surface area (Å²) in [6, 6.07) is 3.88. The largest absolute Gasteiger partial charge is 0.444 e. The van der Waals surface area contributed by atoms with Gasteiger partial charge in [-0.1, -0.05) is 37.5 Å². The third-order valence-electron chi connectivity index (χ3n) is 3.69. The summed E-state index contributed by atoms with van der Waals surface area (Å²) >= 11 is 0. The number of hydrogen-bond donors (Lipinski definition) is 1. The van der Waals surface area contributed by atoms with Crippen LogP contribution in [0.4, 0.5) is 14.9 Å². The minimum absolute atomic E-state index is 0.381. The van der Waals surface area contributed by atoms with Gasteiger partial charge in [-0.05, 0) is 51.7 Å². The highest BCUT2D eigenvalue weighted by Crippen LogP contribution is 2.19. The first kappa shape index (κ1) is 22.6. The minimum Gasteiger partial charge on any atom is -0.444 e. The first-order valence-corrected chi connectivity index (χ1v) is 9.26. The molecule has 150 valence electrons. The zero-order valence-electron chi connectivity index (χ0n) is 16.3. The average Bonchev–Trinajstić information content (AvgIpc) is 2.56. The van der Waals surface area contributed by atoms with Crippen molar-refractivity contribution in [1.29, 1.82) is 0 Å². The van der Waals surface area contributed by atoms with Crippen LogP contribution in [0.3, 0.4) is 0 Å². The first-order chi connectivity index (χ1) is 12.7. The van der Waals surface area contributed by atoms with E-state index in [1.54, 1.807) is 6.08 Å². The summed E-state index contributed by atoms with van der Waals surface area (Å²) in [6.07, 6.45) is 9.30. The fraction of sp³-hybridized carbons (Fsp3) is 0.550. The van der Waals surface area contributed by atoms with Gasteiger partial charge in [0.05, 0.1) is 4.92 Å². The van der Waals surface area contributed by atoms with E-state index in [9.17, 15) is 19.3 Å². The summed E-state index contributed by atoms with van der Waals surface area (Å²) in [5, 5.41) is 13.4. The van der Waals surface area contributed by atoms with Crippen molar-refractivity contribution >= 4 is 17.9 Å². The molecular formula is C20H29FN2O4. The molecule has 1 amide bonds. The molecule has 27 heavy (non-hydrogen) atoms. The Hall–Kier alpha value is -2.44. The van der Waals surface area contributed by atoms with E-state index >= 15 is 0 Å². The van der Waals surface area contributed by atoms with Gasteiger partial charge in [-0.15, -0.1) is 0 Å². The van der Waals surface area contributed by atoms with Crippen LogP contribution in [0.25, 0.3) is 6.08 Å². The fourth-order valence-electron chi connectivity index (χ4n) is 2.41. The molecule has 0 unspecified atom stereocenters. The highest BCUT2D eigenvalue weighted by Gasteiger charge is 2.15. The number of nitro groups is 1. The standard InChI is InChI=1S/C20H29FN2O4/c1-20(2,3)27-19(24)22-14-10-8-6-4-5-7-9-11-16-12-13-17(21)18(15-16)23(25)26/h9,11-13,15H,4-8,10,14H2,1-3H3,(H,22,24)/b11-9+. The summed E-state index contributed by atoms with van der Waals surface area (Å²) in [7, 11) is 0. The van der Waals surface area contributed by atoms with Crippen LogP contribution < -0.4 is 5.32 Å². The molecule has 7 heteroatoms. The van der Waals surface area contributed by atoms with Gasteiger partial charge in [-0.25, -0.2) is 4.79 Å². The van der Waals surface area contributed by atoms with Gasteiger partial charge in [0, 0.05) is 12.6 Å². The lowest BCUT2D eigenvalue weighted by atomic mass is 10.1. The molecule has 0 bridgehead atoms. The molecule has 0 fully saturated rings. The topological polar surface area (TPSA) is 81.5 Å². The molecule has 1 N–H and O–H groups in total. The Morgan fingerprint density at radius 3 is 2.56 bits per heavy atom. The van der Waals surface area contributed by atoms with E-state index in [1.165, 1.54) is 12.1 Å². The summed E-state index contributed by atoms with van der Waals surface area (Å²) < 4.78 is 18.4. The normalized spacial score (nSPS) is 11.6. The van der Waals surface area contributed by atoms with Crippen molar-refractivity contribution in [2.75, 3.05) is 6.54 Å². The fourth-order valence-corrected chi connectivity index (χ4v) is 2.41. The molecular weight excluding hydrogens is 351 g/mol. The lowest BCUT2D eigenvalue weighted by Crippen LogP contribution is -2.32. The monoisotopic (exact) mass is 380 g/mol. The van der Waals surface area contributed by atoms with E-state index in [2.05, 4.69) is 5.32 Å². The number of benzene rings is 1. The Labute approximate surface area is 159 Å². The van der Waals surface area contributed by atoms with Crippen molar-refractivity contribution in [3.05, 3.63) is 45.8 Å². The number of allylic oxidation sites excluding steroid dienone is 1. The Kier molecular flexibility index (Phi) is 9.47. The minimum atomic E-state index is -0.821. The Morgan fingerprint density at radius 1 is 1.22 bits per heavy atom. The summed E-state index contributed by atoms with van der Waals surface area (Å²) in [5.41, 5.74) is -0.357. The van der Waals surface area contributed by atoms with Crippen LogP contribution in [0.15, 0.2) is 24.3 Å². The van der Waals surface area contributed by atoms with Gasteiger partial charge in [0.1, 0.15) is 5.60 Å². The van der Waals surface area contributed by atoms with Crippen LogP contribution in [-0.2, 0) is 4.74 Å². The average molecular weight is 380 g/mol. The molecule has 0 saturated heterocycles. The van der Waals surface area contributed by atoms with Gasteiger partial charge in [-0.3, -0.25) is 10.1 Å². The third-order valence-corrected chi connectivity index (χ3v) is 3.69. The lowest BCUT2D eigenvalue weighted by Gasteiger charge is -2.19. The summed E-state index contributed by atoms with van der Waals surface area (Å²) in [5.74, 6) is -0.821. The Balaban J connectivity index is 2.11. The molecule has 0 aromatic heterocycles. The maximum absolute atomic E-state index is 13.3. The van der Waals surface area contributed by atoms with Crippen molar-refractivity contribution in [2.45, 2.75) is 64.9 Å². The van der Waals surface area contributed by atoms with Crippen LogP contribution in [0.1, 0.15) is 64.9 Å². The second-order valence-electron chi connectivity index (χ2n) is 7.36. The van der Waals surface area contributed by atoms with Gasteiger partial charge >= 0.3 is 11.8 Å². The van der Waals surface area contributed by atoms with Gasteiger partial charge in [0.25, 0.3) is 0 Å². The van der Waals surface area contributed by atoms with Crippen molar-refractivity contribution in [2.24, 2.45) is 0 Å². The van der Waals surface area contributed by atoms with Crippen LogP contribution in [0.5, 0.6) is 0 Å². The third kappa shape index (κ3) is 10.3. The van der Waals surface area contributed by atoms with Crippen molar-refractivity contribution < 1.29 is 18.8 Å². The number of alkyl carbamates (subject to hydrolysis) is 1. The van der Waals surface area contributed by atoms with Gasteiger partial charge in [-0.2, -0.15) is 4.39 Å². The number of nitrogens with zero attached hydrogens (tertiary/aromatic N) is 1. The molecule has 0 atom stereocenters. The molecule has 0 aliphatic carbocycles. The summed E-state index contributed by atoms with van der Waals surface area (Å²) in [6.45, 7) is 6.10. The molecule has 1 rings (SSSR count). The Bertz CT molecular complexity index is 654. The molecule has 0 aliphatic heterocycles. The highest BCUT2D eigenvalue weighted by molar-refractivity contribution is 5.67. The zero-order chi connectivity index (χ0) is 20.3. The molecule has 0 aliphatic rings. The number of hydrogen-bond acceptors (Lipinski definition) is 4. The predicted octanol–water partition coefficient (Wildman–Crippen LogP) is 5.61. The van der Waals surface area contributed by atoms with E-state index in [0.717, 1.165) is 44.6 Å². The van der Waals surface area contributed by atoms with Crippen LogP contribution in [0.2, 0.25) is 0 Å². The number of ether oxygens (including phenoxy) is 1. The predicted molar refractivity (Wildman–Crippen MR) is 104 cm³/mol. The number of carbonyl (C=O) groups excluding carboxylic acids is 1. The number of amides is 1. The molecule has 1 aromatic rings. The van der Waals surface area contributed by atoms with Crippen molar-refractivity contribution in [1.82, 2.24) is 5.32 Å². The second-order valence-corrected chi connectivity index (χ2v) is 7.36.